The smallest absolute Gasteiger partial charge is 0.164 e. The van der Waals surface area contributed by atoms with Crippen molar-refractivity contribution in [1.29, 1.82) is 0 Å². The topological polar surface area (TPSA) is 56.5 Å². The Bertz CT molecular complexity index is 3120. The summed E-state index contributed by atoms with van der Waals surface area (Å²) >= 11 is 0. The van der Waals surface area contributed by atoms with Crippen LogP contribution in [-0.4, -0.2) is 24.5 Å². The number of rotatable bonds is 5. The fourth-order valence-corrected chi connectivity index (χ4v) is 9.41. The molecule has 8 aromatic carbocycles. The highest BCUT2D eigenvalue weighted by Crippen LogP contribution is 2.63. The molecule has 5 heteroatoms. The molecule has 58 heavy (non-hydrogen) atoms. The van der Waals surface area contributed by atoms with E-state index < -0.39 is 5.41 Å². The van der Waals surface area contributed by atoms with E-state index in [0.29, 0.717) is 17.5 Å². The summed E-state index contributed by atoms with van der Waals surface area (Å²) in [6.07, 6.45) is 0. The number of hydrogen-bond acceptors (Lipinski definition) is 4. The van der Waals surface area contributed by atoms with Crippen molar-refractivity contribution in [3.63, 3.8) is 0 Å². The number of benzene rings is 8. The highest BCUT2D eigenvalue weighted by atomic mass is 15.1. The monoisotopic (exact) mass is 739 g/mol. The van der Waals surface area contributed by atoms with E-state index in [9.17, 15) is 0 Å². The summed E-state index contributed by atoms with van der Waals surface area (Å²) in [5.74, 6) is 2.84. The first-order chi connectivity index (χ1) is 28.8. The molecule has 1 spiro atoms. The molecule has 0 atom stereocenters. The molecule has 0 bridgehead atoms. The molecule has 0 unspecified atom stereocenters. The predicted molar refractivity (Wildman–Crippen MR) is 232 cm³/mol. The van der Waals surface area contributed by atoms with Gasteiger partial charge in [-0.15, -0.1) is 0 Å². The maximum absolute atomic E-state index is 5.30. The number of nitrogens with zero attached hydrogens (tertiary/aromatic N) is 5. The molecule has 2 heterocycles. The summed E-state index contributed by atoms with van der Waals surface area (Å²) in [6, 6.07) is 70.9. The number of para-hydroxylation sites is 3. The van der Waals surface area contributed by atoms with Gasteiger partial charge in [0, 0.05) is 27.9 Å². The molecule has 5 nitrogen and oxygen atoms in total. The van der Waals surface area contributed by atoms with Crippen LogP contribution in [0.5, 0.6) is 0 Å². The van der Waals surface area contributed by atoms with Crippen molar-refractivity contribution in [3.05, 3.63) is 222 Å². The van der Waals surface area contributed by atoms with Gasteiger partial charge in [0.1, 0.15) is 5.82 Å². The molecule has 0 aliphatic heterocycles. The molecule has 0 saturated carbocycles. The van der Waals surface area contributed by atoms with Crippen LogP contribution in [0.2, 0.25) is 0 Å². The fourth-order valence-electron chi connectivity index (χ4n) is 9.41. The molecule has 0 N–H and O–H groups in total. The second-order valence-electron chi connectivity index (χ2n) is 15.0. The van der Waals surface area contributed by atoms with E-state index in [1.165, 1.54) is 44.5 Å². The van der Waals surface area contributed by atoms with Gasteiger partial charge >= 0.3 is 0 Å². The molecule has 2 aromatic heterocycles. The summed E-state index contributed by atoms with van der Waals surface area (Å²) in [5, 5.41) is 0. The van der Waals surface area contributed by atoms with Crippen LogP contribution in [0.1, 0.15) is 22.3 Å². The molecule has 0 saturated heterocycles. The van der Waals surface area contributed by atoms with Gasteiger partial charge in [-0.1, -0.05) is 164 Å². The number of hydrogen-bond donors (Lipinski definition) is 0. The maximum Gasteiger partial charge on any atom is 0.164 e. The lowest BCUT2D eigenvalue weighted by molar-refractivity contribution is 0.794. The zero-order valence-electron chi connectivity index (χ0n) is 31.3. The van der Waals surface area contributed by atoms with Gasteiger partial charge in [-0.2, -0.15) is 0 Å². The van der Waals surface area contributed by atoms with Gasteiger partial charge in [0.2, 0.25) is 0 Å². The van der Waals surface area contributed by atoms with Crippen molar-refractivity contribution >= 4 is 11.0 Å². The van der Waals surface area contributed by atoms with E-state index in [1.807, 2.05) is 36.4 Å². The molecule has 0 fully saturated rings. The van der Waals surface area contributed by atoms with E-state index in [4.69, 9.17) is 19.9 Å². The lowest BCUT2D eigenvalue weighted by Crippen LogP contribution is -2.26. The van der Waals surface area contributed by atoms with Gasteiger partial charge in [0.05, 0.1) is 16.4 Å². The first kappa shape index (κ1) is 32.5. The van der Waals surface area contributed by atoms with Crippen molar-refractivity contribution in [3.8, 4) is 73.5 Å². The molecule has 12 rings (SSSR count). The summed E-state index contributed by atoms with van der Waals surface area (Å²) in [6.45, 7) is 0. The minimum absolute atomic E-state index is 0.592. The zero-order chi connectivity index (χ0) is 38.2. The maximum atomic E-state index is 5.30. The average molecular weight is 740 g/mol. The lowest BCUT2D eigenvalue weighted by atomic mass is 9.70. The third-order valence-electron chi connectivity index (χ3n) is 11.9. The van der Waals surface area contributed by atoms with E-state index >= 15 is 0 Å². The standard InChI is InChI=1S/C53H33N5/c1-4-16-34(17-5-1)49-55-50(35-18-6-2-7-19-35)57-51(56-49)36-28-30-41-42-31-29-37(52-54-47-26-14-15-27-48(47)58(52)38-20-8-3-9-21-38)33-46(42)53(45(41)32-36)43-24-12-10-22-39(43)40-23-11-13-25-44(40)53/h1-33H. The Balaban J connectivity index is 1.12. The molecule has 270 valence electrons. The van der Waals surface area contributed by atoms with Crippen molar-refractivity contribution in [1.82, 2.24) is 24.5 Å². The van der Waals surface area contributed by atoms with Crippen LogP contribution in [0.15, 0.2) is 200 Å². The van der Waals surface area contributed by atoms with Gasteiger partial charge in [0.15, 0.2) is 17.5 Å². The van der Waals surface area contributed by atoms with Gasteiger partial charge < -0.3 is 0 Å². The highest BCUT2D eigenvalue weighted by Gasteiger charge is 2.52. The Morgan fingerprint density at radius 1 is 0.328 bits per heavy atom. The summed E-state index contributed by atoms with van der Waals surface area (Å²) in [7, 11) is 0. The summed E-state index contributed by atoms with van der Waals surface area (Å²) in [5.41, 5.74) is 16.3. The molecular weight excluding hydrogens is 707 g/mol. The van der Waals surface area contributed by atoms with Crippen molar-refractivity contribution < 1.29 is 0 Å². The average Bonchev–Trinajstić information content (AvgIpc) is 3.94. The normalized spacial score (nSPS) is 13.0. The highest BCUT2D eigenvalue weighted by molar-refractivity contribution is 5.97. The largest absolute Gasteiger partial charge is 0.292 e. The van der Waals surface area contributed by atoms with Crippen LogP contribution in [0, 0.1) is 0 Å². The van der Waals surface area contributed by atoms with Crippen LogP contribution in [0.3, 0.4) is 0 Å². The Morgan fingerprint density at radius 2 is 0.776 bits per heavy atom. The van der Waals surface area contributed by atoms with Gasteiger partial charge in [-0.25, -0.2) is 19.9 Å². The first-order valence-electron chi connectivity index (χ1n) is 19.6. The molecule has 2 aliphatic carbocycles. The molecule has 10 aromatic rings. The van der Waals surface area contributed by atoms with Gasteiger partial charge in [-0.3, -0.25) is 4.57 Å². The van der Waals surface area contributed by atoms with Gasteiger partial charge in [0.25, 0.3) is 0 Å². The van der Waals surface area contributed by atoms with Crippen LogP contribution < -0.4 is 0 Å². The van der Waals surface area contributed by atoms with Crippen molar-refractivity contribution in [2.24, 2.45) is 0 Å². The number of imidazole rings is 1. The second kappa shape index (κ2) is 12.6. The van der Waals surface area contributed by atoms with Crippen molar-refractivity contribution in [2.45, 2.75) is 5.41 Å². The van der Waals surface area contributed by atoms with Crippen LogP contribution in [0.4, 0.5) is 0 Å². The Hall–Kier alpha value is -7.76. The fraction of sp³-hybridized carbons (Fsp3) is 0.0189. The van der Waals surface area contributed by atoms with E-state index in [2.05, 4.69) is 168 Å². The van der Waals surface area contributed by atoms with Crippen LogP contribution in [0.25, 0.3) is 84.5 Å². The van der Waals surface area contributed by atoms with Crippen LogP contribution in [-0.2, 0) is 5.41 Å². The van der Waals surface area contributed by atoms with E-state index in [1.54, 1.807) is 0 Å². The van der Waals surface area contributed by atoms with Gasteiger partial charge in [-0.05, 0) is 80.9 Å². The molecule has 0 amide bonds. The summed E-state index contributed by atoms with van der Waals surface area (Å²) in [4.78, 5) is 20.6. The Morgan fingerprint density at radius 3 is 1.38 bits per heavy atom. The molecule has 2 aliphatic rings. The van der Waals surface area contributed by atoms with E-state index in [0.717, 1.165) is 44.8 Å². The Kier molecular flexibility index (Phi) is 7.07. The predicted octanol–water partition coefficient (Wildman–Crippen LogP) is 12.2. The second-order valence-corrected chi connectivity index (χ2v) is 15.0. The molecular formula is C53H33N5. The number of aromatic nitrogens is 5. The first-order valence-corrected chi connectivity index (χ1v) is 19.6. The lowest BCUT2D eigenvalue weighted by Gasteiger charge is -2.31. The third kappa shape index (κ3) is 4.71. The molecule has 0 radical (unpaired) electrons. The SMILES string of the molecule is c1ccc(-c2nc(-c3ccccc3)nc(-c3ccc4c(c3)C3(c5ccccc5-c5ccccc53)c3cc(-c5nc6ccccc6n5-c5ccccc5)ccc3-4)n2)cc1. The van der Waals surface area contributed by atoms with E-state index in [-0.39, 0.29) is 0 Å². The minimum atomic E-state index is -0.592. The van der Waals surface area contributed by atoms with Crippen LogP contribution >= 0.6 is 0 Å². The summed E-state index contributed by atoms with van der Waals surface area (Å²) < 4.78 is 2.29. The third-order valence-corrected chi connectivity index (χ3v) is 11.9. The van der Waals surface area contributed by atoms with Crippen molar-refractivity contribution in [2.75, 3.05) is 0 Å². The number of fused-ring (bicyclic) bond motifs is 11. The zero-order valence-corrected chi connectivity index (χ0v) is 31.3. The minimum Gasteiger partial charge on any atom is -0.292 e. The quantitative estimate of drug-likeness (QED) is 0.176. The Labute approximate surface area is 335 Å².